The molecule has 442 valence electrons. The quantitative estimate of drug-likeness (QED) is 0.120. The van der Waals surface area contributed by atoms with E-state index in [0.717, 1.165) is 144 Å². The SMILES string of the molecule is Cc1ccc2c(c1)c1cc(C)ccc1n2-c1c(-c2nc(-c3ccccc3)nc(-c3ccccc3)n2)cc(-c2nc(-c3ccccc3)nc(-c3ccccc3)n2)cc1-n1c2ccc(-c3ccccc3)cc2c2ccc(-c3cc(-c4ccccc4)nc(-c4ccccc4)c3)cc21. The fraction of sp³-hybridized carbons (Fsp3) is 0.0235. The van der Waals surface area contributed by atoms with Gasteiger partial charge in [0.2, 0.25) is 0 Å². The minimum absolute atomic E-state index is 0.465. The van der Waals surface area contributed by atoms with Gasteiger partial charge >= 0.3 is 0 Å². The number of nitrogens with zero attached hydrogens (tertiary/aromatic N) is 9. The van der Waals surface area contributed by atoms with E-state index in [1.807, 2.05) is 109 Å². The predicted octanol–water partition coefficient (Wildman–Crippen LogP) is 20.9. The number of aryl methyl sites for hydroxylation is 2. The number of hydrogen-bond donors (Lipinski definition) is 0. The molecule has 0 aliphatic rings. The lowest BCUT2D eigenvalue weighted by atomic mass is 9.98. The average Bonchev–Trinajstić information content (AvgIpc) is 1.50. The second-order valence-electron chi connectivity index (χ2n) is 23.9. The summed E-state index contributed by atoms with van der Waals surface area (Å²) in [6.07, 6.45) is 0. The number of pyridine rings is 1. The number of aromatic nitrogens is 9. The summed E-state index contributed by atoms with van der Waals surface area (Å²) in [5.41, 5.74) is 21.0. The average molecular weight is 1200 g/mol. The highest BCUT2D eigenvalue weighted by atomic mass is 15.1. The summed E-state index contributed by atoms with van der Waals surface area (Å²) < 4.78 is 4.89. The molecule has 0 fully saturated rings. The van der Waals surface area contributed by atoms with Crippen LogP contribution in [-0.4, -0.2) is 44.0 Å². The van der Waals surface area contributed by atoms with Gasteiger partial charge in [0.25, 0.3) is 0 Å². The van der Waals surface area contributed by atoms with Gasteiger partial charge in [-0.3, -0.25) is 0 Å². The topological polar surface area (TPSA) is 100 Å². The molecule has 0 radical (unpaired) electrons. The van der Waals surface area contributed by atoms with Crippen molar-refractivity contribution >= 4 is 43.6 Å². The molecule has 17 aromatic rings. The molecule has 0 aliphatic carbocycles. The van der Waals surface area contributed by atoms with Gasteiger partial charge in [0.1, 0.15) is 0 Å². The van der Waals surface area contributed by atoms with Crippen LogP contribution in [0.25, 0.3) is 168 Å². The monoisotopic (exact) mass is 1200 g/mol. The molecule has 0 saturated carbocycles. The third kappa shape index (κ3) is 10.1. The second-order valence-corrected chi connectivity index (χ2v) is 23.9. The summed E-state index contributed by atoms with van der Waals surface area (Å²) in [7, 11) is 0. The molecule has 5 aromatic heterocycles. The van der Waals surface area contributed by atoms with Gasteiger partial charge in [0.05, 0.1) is 44.8 Å². The van der Waals surface area contributed by atoms with Crippen molar-refractivity contribution in [1.82, 2.24) is 44.0 Å². The van der Waals surface area contributed by atoms with Crippen molar-refractivity contribution in [2.45, 2.75) is 13.8 Å². The zero-order valence-electron chi connectivity index (χ0n) is 51.5. The molecule has 94 heavy (non-hydrogen) atoms. The second kappa shape index (κ2) is 23.3. The number of rotatable bonds is 12. The number of fused-ring (bicyclic) bond motifs is 6. The zero-order chi connectivity index (χ0) is 62.6. The maximum absolute atomic E-state index is 5.63. The van der Waals surface area contributed by atoms with E-state index >= 15 is 0 Å². The molecule has 0 unspecified atom stereocenters. The number of benzene rings is 12. The Kier molecular flexibility index (Phi) is 13.8. The van der Waals surface area contributed by atoms with Gasteiger partial charge in [-0.15, -0.1) is 0 Å². The van der Waals surface area contributed by atoms with E-state index in [4.69, 9.17) is 34.9 Å². The maximum Gasteiger partial charge on any atom is 0.166 e. The van der Waals surface area contributed by atoms with Crippen molar-refractivity contribution < 1.29 is 0 Å². The Morgan fingerprint density at radius 3 is 1.03 bits per heavy atom. The van der Waals surface area contributed by atoms with Crippen LogP contribution in [0.1, 0.15) is 11.1 Å². The molecule has 0 atom stereocenters. The van der Waals surface area contributed by atoms with E-state index in [1.54, 1.807) is 0 Å². The van der Waals surface area contributed by atoms with Gasteiger partial charge in [-0.25, -0.2) is 34.9 Å². The van der Waals surface area contributed by atoms with Crippen LogP contribution in [0.4, 0.5) is 0 Å². The fourth-order valence-electron chi connectivity index (χ4n) is 13.2. The van der Waals surface area contributed by atoms with Crippen molar-refractivity contribution in [3.8, 4) is 124 Å². The van der Waals surface area contributed by atoms with Gasteiger partial charge in [-0.05, 0) is 103 Å². The van der Waals surface area contributed by atoms with Gasteiger partial charge in [-0.1, -0.05) is 254 Å². The van der Waals surface area contributed by atoms with Crippen molar-refractivity contribution in [3.05, 3.63) is 321 Å². The van der Waals surface area contributed by atoms with Crippen molar-refractivity contribution in [2.75, 3.05) is 0 Å². The van der Waals surface area contributed by atoms with Crippen LogP contribution in [0.3, 0.4) is 0 Å². The summed E-state index contributed by atoms with van der Waals surface area (Å²) in [5.74, 6) is 3.09. The first-order valence-corrected chi connectivity index (χ1v) is 31.6. The summed E-state index contributed by atoms with van der Waals surface area (Å²) in [6, 6.07) is 109. The summed E-state index contributed by atoms with van der Waals surface area (Å²) in [4.78, 5) is 38.1. The zero-order valence-corrected chi connectivity index (χ0v) is 51.5. The molecule has 9 nitrogen and oxygen atoms in total. The van der Waals surface area contributed by atoms with Crippen molar-refractivity contribution in [3.63, 3.8) is 0 Å². The Morgan fingerprint density at radius 2 is 0.574 bits per heavy atom. The molecular weight excluding hydrogens is 1150 g/mol. The van der Waals surface area contributed by atoms with Crippen LogP contribution in [0.5, 0.6) is 0 Å². The van der Waals surface area contributed by atoms with Crippen LogP contribution in [0.2, 0.25) is 0 Å². The molecule has 17 rings (SSSR count). The van der Waals surface area contributed by atoms with Gasteiger partial charge in [0.15, 0.2) is 34.9 Å². The van der Waals surface area contributed by atoms with E-state index in [2.05, 4.69) is 223 Å². The minimum atomic E-state index is 0.465. The third-order valence-electron chi connectivity index (χ3n) is 17.7. The van der Waals surface area contributed by atoms with E-state index in [9.17, 15) is 0 Å². The summed E-state index contributed by atoms with van der Waals surface area (Å²) >= 11 is 0. The van der Waals surface area contributed by atoms with Crippen molar-refractivity contribution in [1.29, 1.82) is 0 Å². The Morgan fingerprint density at radius 1 is 0.213 bits per heavy atom. The van der Waals surface area contributed by atoms with Gasteiger partial charge in [-0.2, -0.15) is 0 Å². The molecule has 5 heterocycles. The van der Waals surface area contributed by atoms with Gasteiger partial charge < -0.3 is 9.13 Å². The highest BCUT2D eigenvalue weighted by Crippen LogP contribution is 2.46. The first kappa shape index (κ1) is 55.5. The first-order valence-electron chi connectivity index (χ1n) is 31.6. The third-order valence-corrected chi connectivity index (χ3v) is 17.7. The number of hydrogen-bond acceptors (Lipinski definition) is 7. The van der Waals surface area contributed by atoms with E-state index in [-0.39, 0.29) is 0 Å². The summed E-state index contributed by atoms with van der Waals surface area (Å²) in [6.45, 7) is 4.34. The highest BCUT2D eigenvalue weighted by Gasteiger charge is 2.28. The molecular formula is C85H57N9. The van der Waals surface area contributed by atoms with Gasteiger partial charge in [0, 0.05) is 66.1 Å². The van der Waals surface area contributed by atoms with E-state index < -0.39 is 0 Å². The Bertz CT molecular complexity index is 5490. The van der Waals surface area contributed by atoms with Crippen LogP contribution in [0.15, 0.2) is 309 Å². The van der Waals surface area contributed by atoms with Crippen molar-refractivity contribution in [2.24, 2.45) is 0 Å². The molecule has 0 spiro atoms. The lowest BCUT2D eigenvalue weighted by Gasteiger charge is -2.22. The maximum atomic E-state index is 5.63. The smallest absolute Gasteiger partial charge is 0.166 e. The lowest BCUT2D eigenvalue weighted by molar-refractivity contribution is 1.04. The Hall–Kier alpha value is -12.6. The Balaban J connectivity index is 1.06. The molecule has 0 N–H and O–H groups in total. The van der Waals surface area contributed by atoms with E-state index in [1.165, 1.54) is 0 Å². The molecule has 0 bridgehead atoms. The largest absolute Gasteiger partial charge is 0.307 e. The molecule has 0 saturated heterocycles. The molecule has 0 aliphatic heterocycles. The Labute approximate surface area is 543 Å². The highest BCUT2D eigenvalue weighted by molar-refractivity contribution is 6.14. The molecule has 9 heteroatoms. The van der Waals surface area contributed by atoms with Crippen LogP contribution >= 0.6 is 0 Å². The minimum Gasteiger partial charge on any atom is -0.307 e. The predicted molar refractivity (Wildman–Crippen MR) is 384 cm³/mol. The molecule has 0 amide bonds. The summed E-state index contributed by atoms with van der Waals surface area (Å²) in [5, 5.41) is 4.40. The van der Waals surface area contributed by atoms with Crippen LogP contribution in [-0.2, 0) is 0 Å². The van der Waals surface area contributed by atoms with Crippen LogP contribution in [0, 0.1) is 13.8 Å². The van der Waals surface area contributed by atoms with Crippen LogP contribution < -0.4 is 0 Å². The standard InChI is InChI=1S/C85H57N9/c1-54-38-43-75-68(46-54)69-47-55(2)39-44-76(69)94(75)79-71(85-91-82(61-34-20-8-21-35-61)88-83(92-85)62-36-22-9-23-37-62)49-66(84-89-80(59-30-16-6-17-31-59)87-81(90-84)60-32-18-7-19-33-60)53-78(79)93-74-45-41-63(56-24-10-3-11-25-56)48-70(74)67-42-40-64(52-77(67)93)65-50-72(57-26-12-4-13-27-57)86-73(51-65)58-28-14-5-15-29-58/h3-53H,1-2H3. The lowest BCUT2D eigenvalue weighted by Crippen LogP contribution is -2.09. The fourth-order valence-corrected chi connectivity index (χ4v) is 13.2. The normalized spacial score (nSPS) is 11.5. The first-order chi connectivity index (χ1) is 46.4. The molecule has 12 aromatic carbocycles. The van der Waals surface area contributed by atoms with E-state index in [0.29, 0.717) is 34.9 Å².